The molecule has 0 radical (unpaired) electrons. The standard InChI is InChI=1S/C13H17ClN2O3/c1-9(12(17)19-2)16-13(18)15-8-7-10-3-5-11(14)6-4-10/h3-6,9H,7-8H2,1-2H3,(H2,15,16,18). The normalized spacial score (nSPS) is 11.5. The van der Waals surface area contributed by atoms with Gasteiger partial charge in [0.2, 0.25) is 0 Å². The fourth-order valence-corrected chi connectivity index (χ4v) is 1.58. The van der Waals surface area contributed by atoms with Crippen LogP contribution in [0.4, 0.5) is 4.79 Å². The number of urea groups is 1. The molecule has 0 aromatic heterocycles. The highest BCUT2D eigenvalue weighted by molar-refractivity contribution is 6.30. The second-order valence-electron chi connectivity index (χ2n) is 4.02. The van der Waals surface area contributed by atoms with Crippen LogP contribution in [-0.4, -0.2) is 31.7 Å². The molecule has 0 aliphatic carbocycles. The number of halogens is 1. The number of benzene rings is 1. The highest BCUT2D eigenvalue weighted by Crippen LogP contribution is 2.09. The Balaban J connectivity index is 2.27. The SMILES string of the molecule is COC(=O)C(C)NC(=O)NCCc1ccc(Cl)cc1. The van der Waals surface area contributed by atoms with Gasteiger partial charge in [0.15, 0.2) is 0 Å². The van der Waals surface area contributed by atoms with Gasteiger partial charge < -0.3 is 15.4 Å². The van der Waals surface area contributed by atoms with Gasteiger partial charge in [-0.1, -0.05) is 23.7 Å². The van der Waals surface area contributed by atoms with E-state index in [9.17, 15) is 9.59 Å². The van der Waals surface area contributed by atoms with Gasteiger partial charge in [-0.15, -0.1) is 0 Å². The molecule has 1 aromatic rings. The second-order valence-corrected chi connectivity index (χ2v) is 4.46. The summed E-state index contributed by atoms with van der Waals surface area (Å²) < 4.78 is 4.50. The molecule has 0 aliphatic heterocycles. The molecular weight excluding hydrogens is 268 g/mol. The van der Waals surface area contributed by atoms with Crippen LogP contribution in [0.25, 0.3) is 0 Å². The lowest BCUT2D eigenvalue weighted by Crippen LogP contribution is -2.45. The Morgan fingerprint density at radius 1 is 1.32 bits per heavy atom. The van der Waals surface area contributed by atoms with Gasteiger partial charge in [0.05, 0.1) is 7.11 Å². The number of hydrogen-bond donors (Lipinski definition) is 2. The van der Waals surface area contributed by atoms with E-state index in [2.05, 4.69) is 15.4 Å². The van der Waals surface area contributed by atoms with Gasteiger partial charge in [0, 0.05) is 11.6 Å². The number of ether oxygens (including phenoxy) is 1. The van der Waals surface area contributed by atoms with E-state index >= 15 is 0 Å². The smallest absolute Gasteiger partial charge is 0.328 e. The van der Waals surface area contributed by atoms with E-state index in [0.29, 0.717) is 18.0 Å². The first-order valence-corrected chi connectivity index (χ1v) is 6.27. The third kappa shape index (κ3) is 5.61. The van der Waals surface area contributed by atoms with Crippen LogP contribution in [0.5, 0.6) is 0 Å². The zero-order valence-corrected chi connectivity index (χ0v) is 11.7. The van der Waals surface area contributed by atoms with Gasteiger partial charge in [-0.2, -0.15) is 0 Å². The average Bonchev–Trinajstić information content (AvgIpc) is 2.40. The summed E-state index contributed by atoms with van der Waals surface area (Å²) in [6, 6.07) is 6.34. The van der Waals surface area contributed by atoms with E-state index in [1.807, 2.05) is 12.1 Å². The number of hydrogen-bond acceptors (Lipinski definition) is 3. The Labute approximate surface area is 117 Å². The Morgan fingerprint density at radius 3 is 2.53 bits per heavy atom. The van der Waals surface area contributed by atoms with E-state index in [4.69, 9.17) is 11.6 Å². The number of methoxy groups -OCH3 is 1. The summed E-state index contributed by atoms with van der Waals surface area (Å²) in [6.07, 6.45) is 0.692. The molecule has 104 valence electrons. The van der Waals surface area contributed by atoms with Gasteiger partial charge in [0.1, 0.15) is 6.04 Å². The minimum absolute atomic E-state index is 0.396. The van der Waals surface area contributed by atoms with Crippen LogP contribution in [-0.2, 0) is 16.0 Å². The number of carbonyl (C=O) groups excluding carboxylic acids is 2. The number of amides is 2. The van der Waals surface area contributed by atoms with Gasteiger partial charge in [-0.05, 0) is 31.0 Å². The zero-order chi connectivity index (χ0) is 14.3. The molecule has 1 rings (SSSR count). The van der Waals surface area contributed by atoms with Crippen LogP contribution in [0.3, 0.4) is 0 Å². The number of carbonyl (C=O) groups is 2. The van der Waals surface area contributed by atoms with E-state index < -0.39 is 18.0 Å². The maximum absolute atomic E-state index is 11.5. The summed E-state index contributed by atoms with van der Waals surface area (Å²) in [4.78, 5) is 22.6. The average molecular weight is 285 g/mol. The largest absolute Gasteiger partial charge is 0.467 e. The highest BCUT2D eigenvalue weighted by atomic mass is 35.5. The monoisotopic (exact) mass is 284 g/mol. The van der Waals surface area contributed by atoms with Crippen LogP contribution in [0, 0.1) is 0 Å². The van der Waals surface area contributed by atoms with Crippen LogP contribution in [0.15, 0.2) is 24.3 Å². The van der Waals surface area contributed by atoms with Crippen molar-refractivity contribution in [1.29, 1.82) is 0 Å². The third-order valence-electron chi connectivity index (χ3n) is 2.51. The summed E-state index contributed by atoms with van der Waals surface area (Å²) in [5.41, 5.74) is 1.07. The molecule has 5 nitrogen and oxygen atoms in total. The van der Waals surface area contributed by atoms with E-state index in [-0.39, 0.29) is 0 Å². The predicted octanol–water partition coefficient (Wildman–Crippen LogP) is 1.74. The Hall–Kier alpha value is -1.75. The molecule has 0 spiro atoms. The summed E-state index contributed by atoms with van der Waals surface area (Å²) in [5, 5.41) is 5.83. The first-order chi connectivity index (χ1) is 9.02. The van der Waals surface area contributed by atoms with Crippen molar-refractivity contribution in [1.82, 2.24) is 10.6 Å². The first-order valence-electron chi connectivity index (χ1n) is 5.89. The number of nitrogens with one attached hydrogen (secondary N) is 2. The number of rotatable bonds is 5. The lowest BCUT2D eigenvalue weighted by atomic mass is 10.1. The summed E-state index contributed by atoms with van der Waals surface area (Å²) >= 11 is 5.77. The Morgan fingerprint density at radius 2 is 1.95 bits per heavy atom. The van der Waals surface area contributed by atoms with Gasteiger partial charge in [0.25, 0.3) is 0 Å². The van der Waals surface area contributed by atoms with Crippen molar-refractivity contribution in [3.63, 3.8) is 0 Å². The van der Waals surface area contributed by atoms with Crippen LogP contribution in [0.2, 0.25) is 5.02 Å². The highest BCUT2D eigenvalue weighted by Gasteiger charge is 2.14. The van der Waals surface area contributed by atoms with Crippen molar-refractivity contribution in [3.05, 3.63) is 34.9 Å². The van der Waals surface area contributed by atoms with Crippen LogP contribution < -0.4 is 10.6 Å². The van der Waals surface area contributed by atoms with Crippen LogP contribution in [0.1, 0.15) is 12.5 Å². The Bertz CT molecular complexity index is 434. The van der Waals surface area contributed by atoms with Crippen molar-refractivity contribution in [2.24, 2.45) is 0 Å². The third-order valence-corrected chi connectivity index (χ3v) is 2.77. The Kier molecular flexibility index (Phi) is 6.15. The fourth-order valence-electron chi connectivity index (χ4n) is 1.45. The first kappa shape index (κ1) is 15.3. The van der Waals surface area contributed by atoms with E-state index in [1.54, 1.807) is 19.1 Å². The predicted molar refractivity (Wildman–Crippen MR) is 73.2 cm³/mol. The second kappa shape index (κ2) is 7.63. The van der Waals surface area contributed by atoms with Crippen molar-refractivity contribution in [2.45, 2.75) is 19.4 Å². The zero-order valence-electron chi connectivity index (χ0n) is 10.9. The minimum atomic E-state index is -0.666. The van der Waals surface area contributed by atoms with Crippen LogP contribution >= 0.6 is 11.6 Å². The molecule has 1 unspecified atom stereocenters. The van der Waals surface area contributed by atoms with Crippen molar-refractivity contribution >= 4 is 23.6 Å². The van der Waals surface area contributed by atoms with Gasteiger partial charge in [-0.25, -0.2) is 9.59 Å². The molecule has 6 heteroatoms. The molecule has 0 fully saturated rings. The quantitative estimate of drug-likeness (QED) is 0.810. The molecule has 0 heterocycles. The number of esters is 1. The lowest BCUT2D eigenvalue weighted by molar-refractivity contribution is -0.142. The fraction of sp³-hybridized carbons (Fsp3) is 0.385. The molecule has 1 aromatic carbocycles. The molecule has 2 amide bonds. The minimum Gasteiger partial charge on any atom is -0.467 e. The molecule has 0 saturated carbocycles. The van der Waals surface area contributed by atoms with Gasteiger partial charge in [-0.3, -0.25) is 0 Å². The molecule has 1 atom stereocenters. The van der Waals surface area contributed by atoms with Crippen molar-refractivity contribution in [3.8, 4) is 0 Å². The maximum atomic E-state index is 11.5. The maximum Gasteiger partial charge on any atom is 0.328 e. The summed E-state index contributed by atoms with van der Waals surface area (Å²) in [6.45, 7) is 2.03. The molecule has 0 bridgehead atoms. The van der Waals surface area contributed by atoms with Crippen molar-refractivity contribution < 1.29 is 14.3 Å². The molecule has 0 saturated heterocycles. The van der Waals surface area contributed by atoms with Crippen molar-refractivity contribution in [2.75, 3.05) is 13.7 Å². The topological polar surface area (TPSA) is 67.4 Å². The lowest BCUT2D eigenvalue weighted by Gasteiger charge is -2.12. The molecule has 2 N–H and O–H groups in total. The summed E-state index contributed by atoms with van der Waals surface area (Å²) in [5.74, 6) is -0.479. The van der Waals surface area contributed by atoms with Gasteiger partial charge >= 0.3 is 12.0 Å². The molecular formula is C13H17ClN2O3. The van der Waals surface area contributed by atoms with E-state index in [1.165, 1.54) is 7.11 Å². The molecule has 0 aliphatic rings. The summed E-state index contributed by atoms with van der Waals surface area (Å²) in [7, 11) is 1.28. The van der Waals surface area contributed by atoms with E-state index in [0.717, 1.165) is 5.56 Å². The molecule has 19 heavy (non-hydrogen) atoms.